The lowest BCUT2D eigenvalue weighted by molar-refractivity contribution is -0.126. The van der Waals surface area contributed by atoms with Crippen LogP contribution in [0.15, 0.2) is 35.3 Å². The predicted molar refractivity (Wildman–Crippen MR) is 111 cm³/mol. The van der Waals surface area contributed by atoms with Gasteiger partial charge in [-0.2, -0.15) is 0 Å². The first-order chi connectivity index (χ1) is 14.6. The summed E-state index contributed by atoms with van der Waals surface area (Å²) in [6.07, 6.45) is 0.689. The first-order valence-electron chi connectivity index (χ1n) is 9.31. The topological polar surface area (TPSA) is 137 Å². The lowest BCUT2D eigenvalue weighted by Gasteiger charge is -2.20. The standard InChI is InChI=1S/C21H21FN4O5/c1-10(20(29)24-2)31-18-12(8-11-4-6-13(22)7-5-11)9-25-15-16(18)26(3)21(30)14(17(15)27)19(23)28/h4-7,9-10,27H,8H2,1-3H3,(H2,23,28)(H,24,29)/t10-/m0/s1. The molecule has 162 valence electrons. The van der Waals surface area contributed by atoms with Crippen LogP contribution in [0.25, 0.3) is 11.0 Å². The van der Waals surface area contributed by atoms with E-state index in [-0.39, 0.29) is 23.2 Å². The molecule has 0 spiro atoms. The number of likely N-dealkylation sites (N-methyl/N-ethyl adjacent to an activating group) is 1. The van der Waals surface area contributed by atoms with Crippen molar-refractivity contribution in [1.29, 1.82) is 0 Å². The number of nitrogens with two attached hydrogens (primary N) is 1. The Morgan fingerprint density at radius 1 is 1.32 bits per heavy atom. The molecular weight excluding hydrogens is 407 g/mol. The van der Waals surface area contributed by atoms with Crippen molar-refractivity contribution in [1.82, 2.24) is 14.9 Å². The van der Waals surface area contributed by atoms with Crippen LogP contribution in [-0.4, -0.2) is 39.6 Å². The number of hydrogen-bond acceptors (Lipinski definition) is 6. The number of carbonyl (C=O) groups is 2. The molecule has 0 saturated carbocycles. The smallest absolute Gasteiger partial charge is 0.267 e. The fraction of sp³-hybridized carbons (Fsp3) is 0.238. The van der Waals surface area contributed by atoms with Gasteiger partial charge in [-0.25, -0.2) is 4.39 Å². The van der Waals surface area contributed by atoms with Gasteiger partial charge in [-0.3, -0.25) is 19.4 Å². The van der Waals surface area contributed by atoms with Crippen molar-refractivity contribution >= 4 is 22.8 Å². The number of hydrogen-bond donors (Lipinski definition) is 3. The predicted octanol–water partition coefficient (Wildman–Crippen LogP) is 0.981. The molecule has 4 N–H and O–H groups in total. The number of pyridine rings is 2. The SMILES string of the molecule is CNC(=O)[C@H](C)Oc1c(Cc2ccc(F)cc2)cnc2c(O)c(C(N)=O)c(=O)n(C)c12. The number of halogens is 1. The molecule has 0 bridgehead atoms. The van der Waals surface area contributed by atoms with Crippen molar-refractivity contribution in [3.8, 4) is 11.5 Å². The molecule has 3 aromatic rings. The fourth-order valence-electron chi connectivity index (χ4n) is 3.23. The van der Waals surface area contributed by atoms with Crippen LogP contribution in [0.2, 0.25) is 0 Å². The number of fused-ring (bicyclic) bond motifs is 1. The van der Waals surface area contributed by atoms with E-state index >= 15 is 0 Å². The third kappa shape index (κ3) is 4.04. The molecule has 0 saturated heterocycles. The van der Waals surface area contributed by atoms with E-state index in [0.717, 1.165) is 10.1 Å². The number of aromatic hydroxyl groups is 1. The Morgan fingerprint density at radius 3 is 2.55 bits per heavy atom. The average molecular weight is 428 g/mol. The highest BCUT2D eigenvalue weighted by molar-refractivity contribution is 6.01. The van der Waals surface area contributed by atoms with Crippen molar-refractivity contribution in [3.63, 3.8) is 0 Å². The highest BCUT2D eigenvalue weighted by Gasteiger charge is 2.26. The number of aryl methyl sites for hydroxylation is 1. The molecule has 1 aromatic carbocycles. The summed E-state index contributed by atoms with van der Waals surface area (Å²) in [7, 11) is 2.82. The van der Waals surface area contributed by atoms with Crippen LogP contribution in [0.3, 0.4) is 0 Å². The number of benzene rings is 1. The molecule has 1 atom stereocenters. The van der Waals surface area contributed by atoms with Gasteiger partial charge in [-0.15, -0.1) is 0 Å². The molecule has 0 radical (unpaired) electrons. The summed E-state index contributed by atoms with van der Waals surface area (Å²) in [6, 6.07) is 5.77. The van der Waals surface area contributed by atoms with Crippen LogP contribution in [0, 0.1) is 5.82 Å². The Balaban J connectivity index is 2.29. The van der Waals surface area contributed by atoms with Gasteiger partial charge in [-0.1, -0.05) is 12.1 Å². The molecule has 10 heteroatoms. The number of nitrogens with one attached hydrogen (secondary N) is 1. The van der Waals surface area contributed by atoms with Gasteiger partial charge >= 0.3 is 0 Å². The number of carbonyl (C=O) groups excluding carboxylic acids is 2. The lowest BCUT2D eigenvalue weighted by Crippen LogP contribution is -2.34. The van der Waals surface area contributed by atoms with E-state index in [1.807, 2.05) is 0 Å². The van der Waals surface area contributed by atoms with E-state index in [9.17, 15) is 23.9 Å². The number of amides is 2. The number of primary amides is 1. The van der Waals surface area contributed by atoms with Gasteiger partial charge in [0, 0.05) is 32.3 Å². The van der Waals surface area contributed by atoms with E-state index in [1.54, 1.807) is 12.1 Å². The maximum absolute atomic E-state index is 13.3. The van der Waals surface area contributed by atoms with E-state index in [0.29, 0.717) is 5.56 Å². The van der Waals surface area contributed by atoms with Crippen molar-refractivity contribution in [2.75, 3.05) is 7.05 Å². The van der Waals surface area contributed by atoms with Crippen molar-refractivity contribution in [3.05, 3.63) is 63.3 Å². The highest BCUT2D eigenvalue weighted by atomic mass is 19.1. The summed E-state index contributed by atoms with van der Waals surface area (Å²) >= 11 is 0. The summed E-state index contributed by atoms with van der Waals surface area (Å²) in [6.45, 7) is 1.52. The quantitative estimate of drug-likeness (QED) is 0.535. The summed E-state index contributed by atoms with van der Waals surface area (Å²) < 4.78 is 20.2. The second kappa shape index (κ2) is 8.42. The van der Waals surface area contributed by atoms with Crippen LogP contribution in [-0.2, 0) is 18.3 Å². The third-order valence-corrected chi connectivity index (χ3v) is 4.86. The Bertz CT molecular complexity index is 1240. The number of ether oxygens (including phenoxy) is 1. The van der Waals surface area contributed by atoms with Crippen LogP contribution >= 0.6 is 0 Å². The monoisotopic (exact) mass is 428 g/mol. The number of rotatable bonds is 6. The maximum Gasteiger partial charge on any atom is 0.267 e. The molecule has 2 heterocycles. The summed E-state index contributed by atoms with van der Waals surface area (Å²) in [5.41, 5.74) is 5.01. The van der Waals surface area contributed by atoms with Gasteiger partial charge in [-0.05, 0) is 24.6 Å². The molecular formula is C21H21FN4O5. The minimum atomic E-state index is -1.10. The largest absolute Gasteiger partial charge is 0.505 e. The molecule has 31 heavy (non-hydrogen) atoms. The molecule has 2 aromatic heterocycles. The van der Waals surface area contributed by atoms with Gasteiger partial charge < -0.3 is 25.5 Å². The average Bonchev–Trinajstić information content (AvgIpc) is 2.73. The van der Waals surface area contributed by atoms with Gasteiger partial charge in [0.25, 0.3) is 17.4 Å². The molecule has 0 aliphatic carbocycles. The highest BCUT2D eigenvalue weighted by Crippen LogP contribution is 2.34. The summed E-state index contributed by atoms with van der Waals surface area (Å²) in [4.78, 5) is 40.6. The molecule has 3 rings (SSSR count). The molecule has 9 nitrogen and oxygen atoms in total. The van der Waals surface area contributed by atoms with Gasteiger partial charge in [0.15, 0.2) is 17.6 Å². The normalized spacial score (nSPS) is 11.9. The zero-order chi connectivity index (χ0) is 22.9. The lowest BCUT2D eigenvalue weighted by atomic mass is 10.0. The van der Waals surface area contributed by atoms with Crippen molar-refractivity contribution in [2.24, 2.45) is 12.8 Å². The second-order valence-electron chi connectivity index (χ2n) is 6.94. The van der Waals surface area contributed by atoms with Crippen LogP contribution < -0.4 is 21.3 Å². The molecule has 2 amide bonds. The Hall–Kier alpha value is -3.95. The van der Waals surface area contributed by atoms with Crippen molar-refractivity contribution < 1.29 is 23.8 Å². The summed E-state index contributed by atoms with van der Waals surface area (Å²) in [5.74, 6) is -2.46. The minimum Gasteiger partial charge on any atom is -0.505 e. The van der Waals surface area contributed by atoms with Gasteiger partial charge in [0.05, 0.1) is 0 Å². The van der Waals surface area contributed by atoms with Crippen LogP contribution in [0.5, 0.6) is 11.5 Å². The zero-order valence-corrected chi connectivity index (χ0v) is 17.1. The van der Waals surface area contributed by atoms with Gasteiger partial charge in [0.2, 0.25) is 0 Å². The minimum absolute atomic E-state index is 0.0853. The molecule has 0 aliphatic heterocycles. The van der Waals surface area contributed by atoms with E-state index in [2.05, 4.69) is 10.3 Å². The molecule has 0 aliphatic rings. The number of aromatic nitrogens is 2. The summed E-state index contributed by atoms with van der Waals surface area (Å²) in [5, 5.41) is 13.0. The molecule has 0 fully saturated rings. The molecule has 0 unspecified atom stereocenters. The van der Waals surface area contributed by atoms with Crippen LogP contribution in [0.4, 0.5) is 4.39 Å². The Kier molecular flexibility index (Phi) is 5.91. The van der Waals surface area contributed by atoms with E-state index < -0.39 is 40.6 Å². The number of nitrogens with zero attached hydrogens (tertiary/aromatic N) is 2. The van der Waals surface area contributed by atoms with Crippen LogP contribution in [0.1, 0.15) is 28.4 Å². The van der Waals surface area contributed by atoms with E-state index in [1.165, 1.54) is 39.3 Å². The Morgan fingerprint density at radius 2 is 1.97 bits per heavy atom. The first-order valence-corrected chi connectivity index (χ1v) is 9.31. The third-order valence-electron chi connectivity index (χ3n) is 4.86. The van der Waals surface area contributed by atoms with Crippen molar-refractivity contribution in [2.45, 2.75) is 19.4 Å². The fourth-order valence-corrected chi connectivity index (χ4v) is 3.23. The zero-order valence-electron chi connectivity index (χ0n) is 17.1. The second-order valence-corrected chi connectivity index (χ2v) is 6.94. The van der Waals surface area contributed by atoms with E-state index in [4.69, 9.17) is 10.5 Å². The Labute approximate surface area is 176 Å². The maximum atomic E-state index is 13.3. The first kappa shape index (κ1) is 21.8. The van der Waals surface area contributed by atoms with Gasteiger partial charge in [0.1, 0.15) is 22.4 Å².